The van der Waals surface area contributed by atoms with Crippen LogP contribution in [0.2, 0.25) is 0 Å². The maximum Gasteiger partial charge on any atom is 0.140 e. The number of hydrogen-bond donors (Lipinski definition) is 0. The fourth-order valence-electron chi connectivity index (χ4n) is 2.04. The third kappa shape index (κ3) is 2.99. The summed E-state index contributed by atoms with van der Waals surface area (Å²) in [4.78, 5) is 4.67. The van der Waals surface area contributed by atoms with Crippen molar-refractivity contribution in [2.24, 2.45) is 0 Å². The van der Waals surface area contributed by atoms with E-state index in [9.17, 15) is 0 Å². The van der Waals surface area contributed by atoms with E-state index in [-0.39, 0.29) is 0 Å². The summed E-state index contributed by atoms with van der Waals surface area (Å²) >= 11 is 0. The Morgan fingerprint density at radius 2 is 2.10 bits per heavy atom. The van der Waals surface area contributed by atoms with Crippen molar-refractivity contribution in [2.45, 2.75) is 6.92 Å². The Kier molecular flexibility index (Phi) is 4.41. The molecule has 0 unspecified atom stereocenters. The molecule has 1 aromatic carbocycles. The molecule has 100 valence electrons. The predicted molar refractivity (Wildman–Crippen MR) is 89.5 cm³/mol. The van der Waals surface area contributed by atoms with Crippen LogP contribution in [0.15, 0.2) is 55.1 Å². The van der Waals surface area contributed by atoms with Crippen molar-refractivity contribution in [1.29, 1.82) is 0 Å². The van der Waals surface area contributed by atoms with Gasteiger partial charge in [-0.3, -0.25) is 0 Å². The Morgan fingerprint density at radius 1 is 1.30 bits per heavy atom. The molecule has 0 radical (unpaired) electrons. The second-order valence-electron chi connectivity index (χ2n) is 4.62. The first-order valence-electron chi connectivity index (χ1n) is 6.59. The highest BCUT2D eigenvalue weighted by Crippen LogP contribution is 2.20. The van der Waals surface area contributed by atoms with Crippen molar-refractivity contribution in [3.05, 3.63) is 60.8 Å². The van der Waals surface area contributed by atoms with Gasteiger partial charge in [-0.2, -0.15) is 0 Å². The number of pyridine rings is 1. The van der Waals surface area contributed by atoms with E-state index in [2.05, 4.69) is 25.5 Å². The highest BCUT2D eigenvalue weighted by molar-refractivity contribution is 6.38. The number of allylic oxidation sites excluding steroid dienone is 5. The lowest BCUT2D eigenvalue weighted by molar-refractivity contribution is 0.415. The summed E-state index contributed by atoms with van der Waals surface area (Å²) in [5.74, 6) is 0.816. The molecule has 1 heterocycles. The van der Waals surface area contributed by atoms with E-state index >= 15 is 0 Å². The SMILES string of the molecule is Bc1cc(C(=C)/C=C\C=C/C)nc2cc(OC)ccc12. The van der Waals surface area contributed by atoms with E-state index in [4.69, 9.17) is 4.74 Å². The van der Waals surface area contributed by atoms with Gasteiger partial charge in [0, 0.05) is 6.07 Å². The van der Waals surface area contributed by atoms with E-state index in [1.54, 1.807) is 7.11 Å². The van der Waals surface area contributed by atoms with Crippen LogP contribution in [0.1, 0.15) is 12.6 Å². The van der Waals surface area contributed by atoms with Crippen LogP contribution in [-0.4, -0.2) is 19.9 Å². The van der Waals surface area contributed by atoms with Crippen molar-refractivity contribution >= 4 is 29.8 Å². The second-order valence-corrected chi connectivity index (χ2v) is 4.62. The minimum atomic E-state index is 0.816. The molecule has 0 amide bonds. The monoisotopic (exact) mass is 263 g/mol. The Labute approximate surface area is 120 Å². The highest BCUT2D eigenvalue weighted by Gasteiger charge is 2.05. The molecule has 0 bridgehead atoms. The molecule has 0 saturated heterocycles. The van der Waals surface area contributed by atoms with Crippen LogP contribution in [-0.2, 0) is 0 Å². The van der Waals surface area contributed by atoms with Crippen LogP contribution in [0, 0.1) is 0 Å². The molecule has 0 spiro atoms. The van der Waals surface area contributed by atoms with Gasteiger partial charge in [0.25, 0.3) is 0 Å². The summed E-state index contributed by atoms with van der Waals surface area (Å²) in [5.41, 5.74) is 3.91. The van der Waals surface area contributed by atoms with Crippen molar-refractivity contribution in [3.8, 4) is 5.75 Å². The second kappa shape index (κ2) is 6.24. The Hall–Kier alpha value is -2.29. The third-order valence-corrected chi connectivity index (χ3v) is 3.15. The van der Waals surface area contributed by atoms with Gasteiger partial charge in [-0.15, -0.1) is 0 Å². The topological polar surface area (TPSA) is 22.1 Å². The van der Waals surface area contributed by atoms with Crippen LogP contribution in [0.3, 0.4) is 0 Å². The lowest BCUT2D eigenvalue weighted by Crippen LogP contribution is -2.07. The average molecular weight is 263 g/mol. The molecule has 20 heavy (non-hydrogen) atoms. The summed E-state index contributed by atoms with van der Waals surface area (Å²) in [5, 5.41) is 1.14. The van der Waals surface area contributed by atoms with Gasteiger partial charge in [0.2, 0.25) is 0 Å². The lowest BCUT2D eigenvalue weighted by Gasteiger charge is -2.08. The molecular formula is C17H18BNO. The molecule has 0 aliphatic carbocycles. The standard InChI is InChI=1S/C17H18BNO/c1-4-5-6-7-12(2)16-11-15(18)14-9-8-13(20-3)10-17(14)19-16/h4-11H,2,18H2,1,3H3/b5-4-,7-6-. The number of rotatable bonds is 4. The van der Waals surface area contributed by atoms with Gasteiger partial charge < -0.3 is 4.74 Å². The molecule has 2 aromatic rings. The molecule has 1 aromatic heterocycles. The van der Waals surface area contributed by atoms with Gasteiger partial charge in [0.05, 0.1) is 18.3 Å². The number of methoxy groups -OCH3 is 1. The van der Waals surface area contributed by atoms with Gasteiger partial charge in [0.1, 0.15) is 13.6 Å². The minimum absolute atomic E-state index is 0.816. The highest BCUT2D eigenvalue weighted by atomic mass is 16.5. The van der Waals surface area contributed by atoms with Crippen molar-refractivity contribution < 1.29 is 4.74 Å². The number of nitrogens with zero attached hydrogens (tertiary/aromatic N) is 1. The molecule has 0 aliphatic rings. The Balaban J connectivity index is 2.47. The minimum Gasteiger partial charge on any atom is -0.497 e. The predicted octanol–water partition coefficient (Wildman–Crippen LogP) is 2.65. The van der Waals surface area contributed by atoms with E-state index in [1.165, 1.54) is 5.46 Å². The molecule has 3 heteroatoms. The summed E-state index contributed by atoms with van der Waals surface area (Å²) < 4.78 is 5.26. The molecule has 0 N–H and O–H groups in total. The first kappa shape index (κ1) is 14.1. The maximum atomic E-state index is 5.26. The van der Waals surface area contributed by atoms with Crippen LogP contribution >= 0.6 is 0 Å². The molecule has 0 saturated carbocycles. The zero-order valence-electron chi connectivity index (χ0n) is 12.2. The molecule has 0 atom stereocenters. The van der Waals surface area contributed by atoms with Gasteiger partial charge >= 0.3 is 0 Å². The molecule has 2 nitrogen and oxygen atoms in total. The normalized spacial score (nSPS) is 11.5. The summed E-state index contributed by atoms with van der Waals surface area (Å²) in [6.07, 6.45) is 7.89. The summed E-state index contributed by atoms with van der Waals surface area (Å²) in [7, 11) is 3.75. The van der Waals surface area contributed by atoms with Crippen LogP contribution < -0.4 is 10.2 Å². The maximum absolute atomic E-state index is 5.26. The molecule has 0 fully saturated rings. The Bertz CT molecular complexity index is 701. The van der Waals surface area contributed by atoms with Crippen molar-refractivity contribution in [3.63, 3.8) is 0 Å². The summed E-state index contributed by atoms with van der Waals surface area (Å²) in [6, 6.07) is 8.02. The average Bonchev–Trinajstić information content (AvgIpc) is 2.46. The van der Waals surface area contributed by atoms with E-state index in [0.717, 1.165) is 27.9 Å². The summed E-state index contributed by atoms with van der Waals surface area (Å²) in [6.45, 7) is 6.06. The fourth-order valence-corrected chi connectivity index (χ4v) is 2.04. The fraction of sp³-hybridized carbons (Fsp3) is 0.118. The number of aromatic nitrogens is 1. The quantitative estimate of drug-likeness (QED) is 0.625. The van der Waals surface area contributed by atoms with Crippen LogP contribution in [0.25, 0.3) is 16.5 Å². The lowest BCUT2D eigenvalue weighted by atomic mass is 9.90. The van der Waals surface area contributed by atoms with E-state index in [1.807, 2.05) is 49.4 Å². The largest absolute Gasteiger partial charge is 0.497 e. The number of benzene rings is 1. The van der Waals surface area contributed by atoms with Crippen molar-refractivity contribution in [2.75, 3.05) is 7.11 Å². The first-order chi connectivity index (χ1) is 9.65. The molecule has 0 aliphatic heterocycles. The number of ether oxygens (including phenoxy) is 1. The molecular weight excluding hydrogens is 245 g/mol. The van der Waals surface area contributed by atoms with Crippen LogP contribution in [0.4, 0.5) is 0 Å². The van der Waals surface area contributed by atoms with Gasteiger partial charge in [-0.25, -0.2) is 4.98 Å². The first-order valence-corrected chi connectivity index (χ1v) is 6.59. The van der Waals surface area contributed by atoms with Gasteiger partial charge in [-0.1, -0.05) is 36.3 Å². The number of hydrogen-bond acceptors (Lipinski definition) is 2. The van der Waals surface area contributed by atoms with Crippen molar-refractivity contribution in [1.82, 2.24) is 4.98 Å². The van der Waals surface area contributed by atoms with Crippen LogP contribution in [0.5, 0.6) is 5.75 Å². The zero-order chi connectivity index (χ0) is 14.5. The Morgan fingerprint density at radius 3 is 2.80 bits per heavy atom. The van der Waals surface area contributed by atoms with E-state index < -0.39 is 0 Å². The molecule has 2 rings (SSSR count). The number of fused-ring (bicyclic) bond motifs is 1. The van der Waals surface area contributed by atoms with E-state index in [0.29, 0.717) is 0 Å². The zero-order valence-corrected chi connectivity index (χ0v) is 12.2. The van der Waals surface area contributed by atoms with Gasteiger partial charge in [0.15, 0.2) is 0 Å². The smallest absolute Gasteiger partial charge is 0.140 e. The third-order valence-electron chi connectivity index (χ3n) is 3.15. The van der Waals surface area contributed by atoms with Gasteiger partial charge in [-0.05, 0) is 36.1 Å².